The molecule has 0 fully saturated rings. The van der Waals surface area contributed by atoms with E-state index in [2.05, 4.69) is 15.5 Å². The van der Waals surface area contributed by atoms with E-state index in [9.17, 15) is 22.4 Å². The van der Waals surface area contributed by atoms with Gasteiger partial charge in [-0.2, -0.15) is 19.0 Å². The predicted octanol–water partition coefficient (Wildman–Crippen LogP) is 4.44. The molecule has 4 rings (SSSR count). The van der Waals surface area contributed by atoms with Crippen LogP contribution in [-0.2, 0) is 19.7 Å². The van der Waals surface area contributed by atoms with Gasteiger partial charge in [0.25, 0.3) is 5.91 Å². The zero-order valence-corrected chi connectivity index (χ0v) is 18.1. The largest absolute Gasteiger partial charge is 0.479 e. The second-order valence-electron chi connectivity index (χ2n) is 7.30. The maximum Gasteiger partial charge on any atom is 0.291 e. The van der Waals surface area contributed by atoms with Gasteiger partial charge in [0.1, 0.15) is 12.4 Å². The minimum Gasteiger partial charge on any atom is -0.479 e. The summed E-state index contributed by atoms with van der Waals surface area (Å²) in [6.45, 7) is 4.62. The summed E-state index contributed by atoms with van der Waals surface area (Å²) in [7, 11) is 0. The van der Waals surface area contributed by atoms with Crippen molar-refractivity contribution in [1.82, 2.24) is 19.6 Å². The molecule has 0 atom stereocenters. The van der Waals surface area contributed by atoms with Crippen molar-refractivity contribution < 1.29 is 31.5 Å². The minimum absolute atomic E-state index is 0.00715. The van der Waals surface area contributed by atoms with Crippen molar-refractivity contribution >= 4 is 11.6 Å². The lowest BCUT2D eigenvalue weighted by molar-refractivity contribution is 0.0992. The van der Waals surface area contributed by atoms with Gasteiger partial charge in [-0.1, -0.05) is 0 Å². The third kappa shape index (κ3) is 4.65. The van der Waals surface area contributed by atoms with Crippen molar-refractivity contribution in [2.45, 2.75) is 33.5 Å². The van der Waals surface area contributed by atoms with Crippen molar-refractivity contribution in [2.24, 2.45) is 0 Å². The van der Waals surface area contributed by atoms with E-state index in [1.54, 1.807) is 17.1 Å². The Morgan fingerprint density at radius 1 is 1.12 bits per heavy atom. The van der Waals surface area contributed by atoms with Crippen LogP contribution in [0.5, 0.6) is 5.75 Å². The molecule has 0 aliphatic heterocycles. The van der Waals surface area contributed by atoms with Crippen molar-refractivity contribution in [3.63, 3.8) is 0 Å². The number of rotatable bonds is 8. The number of aryl methyl sites for hydroxylation is 1. The molecule has 0 bridgehead atoms. The maximum absolute atomic E-state index is 13.7. The highest BCUT2D eigenvalue weighted by atomic mass is 19.2. The topological polar surface area (TPSA) is 87.1 Å². The monoisotopic (exact) mass is 477 g/mol. The first-order valence-corrected chi connectivity index (χ1v) is 10.2. The predicted molar refractivity (Wildman–Crippen MR) is 111 cm³/mol. The van der Waals surface area contributed by atoms with Gasteiger partial charge >= 0.3 is 0 Å². The number of amides is 1. The van der Waals surface area contributed by atoms with Crippen LogP contribution < -0.4 is 10.1 Å². The summed E-state index contributed by atoms with van der Waals surface area (Å²) < 4.78 is 67.6. The Bertz CT molecular complexity index is 1320. The summed E-state index contributed by atoms with van der Waals surface area (Å²) in [6, 6.07) is 2.73. The van der Waals surface area contributed by atoms with E-state index in [0.29, 0.717) is 12.2 Å². The lowest BCUT2D eigenvalue weighted by atomic mass is 10.2. The summed E-state index contributed by atoms with van der Waals surface area (Å²) in [4.78, 5) is 12.4. The number of halogens is 4. The van der Waals surface area contributed by atoms with Gasteiger partial charge in [0.2, 0.25) is 11.6 Å². The van der Waals surface area contributed by atoms with Crippen molar-refractivity contribution in [2.75, 3.05) is 5.32 Å². The van der Waals surface area contributed by atoms with Gasteiger partial charge in [-0.25, -0.2) is 8.78 Å². The number of aromatic nitrogens is 4. The Hall–Kier alpha value is -4.09. The van der Waals surface area contributed by atoms with Crippen LogP contribution in [0.25, 0.3) is 0 Å². The van der Waals surface area contributed by atoms with Gasteiger partial charge < -0.3 is 14.5 Å². The fourth-order valence-corrected chi connectivity index (χ4v) is 3.24. The molecule has 0 radical (unpaired) electrons. The fourth-order valence-electron chi connectivity index (χ4n) is 3.24. The van der Waals surface area contributed by atoms with Crippen LogP contribution in [0.1, 0.15) is 34.5 Å². The molecule has 0 saturated heterocycles. The summed E-state index contributed by atoms with van der Waals surface area (Å²) in [6.07, 6.45) is 4.87. The maximum atomic E-state index is 13.7. The van der Waals surface area contributed by atoms with Gasteiger partial charge in [-0.15, -0.1) is 0 Å². The highest BCUT2D eigenvalue weighted by molar-refractivity contribution is 6.02. The molecule has 178 valence electrons. The van der Waals surface area contributed by atoms with Crippen LogP contribution in [-0.4, -0.2) is 25.5 Å². The number of carbonyl (C=O) groups excluding carboxylic acids is 1. The zero-order valence-electron chi connectivity index (χ0n) is 18.1. The molecule has 0 spiro atoms. The van der Waals surface area contributed by atoms with Crippen molar-refractivity contribution in [3.05, 3.63) is 82.8 Å². The highest BCUT2D eigenvalue weighted by Crippen LogP contribution is 2.27. The van der Waals surface area contributed by atoms with E-state index >= 15 is 0 Å². The summed E-state index contributed by atoms with van der Waals surface area (Å²) in [5.41, 5.74) is 2.43. The first kappa shape index (κ1) is 23.1. The number of carbonyl (C=O) groups is 1. The normalized spacial score (nSPS) is 11.1. The molecule has 8 nitrogen and oxygen atoms in total. The molecule has 1 N–H and O–H groups in total. The van der Waals surface area contributed by atoms with Crippen LogP contribution in [0.15, 0.2) is 41.2 Å². The number of nitrogens with zero attached hydrogens (tertiary/aromatic N) is 4. The van der Waals surface area contributed by atoms with Gasteiger partial charge in [-0.3, -0.25) is 14.2 Å². The molecule has 34 heavy (non-hydrogen) atoms. The van der Waals surface area contributed by atoms with E-state index in [1.165, 1.54) is 18.3 Å². The number of hydrogen-bond donors (Lipinski definition) is 1. The first-order chi connectivity index (χ1) is 16.3. The number of hydrogen-bond acceptors (Lipinski definition) is 5. The lowest BCUT2D eigenvalue weighted by Gasteiger charge is -2.08. The molecule has 1 amide bonds. The van der Waals surface area contributed by atoms with Gasteiger partial charge in [0.05, 0.1) is 24.6 Å². The smallest absolute Gasteiger partial charge is 0.291 e. The Balaban J connectivity index is 1.37. The Labute approximate surface area is 190 Å². The van der Waals surface area contributed by atoms with Crippen LogP contribution in [0.4, 0.5) is 23.2 Å². The van der Waals surface area contributed by atoms with Crippen LogP contribution in [0.3, 0.4) is 0 Å². The molecule has 12 heteroatoms. The van der Waals surface area contributed by atoms with E-state index in [1.807, 2.05) is 18.5 Å². The Morgan fingerprint density at radius 2 is 1.85 bits per heavy atom. The molecule has 0 aliphatic rings. The fraction of sp³-hybridized carbons (Fsp3) is 0.227. The number of furan rings is 1. The Morgan fingerprint density at radius 3 is 2.53 bits per heavy atom. The van der Waals surface area contributed by atoms with Crippen LogP contribution in [0.2, 0.25) is 0 Å². The molecule has 3 heterocycles. The van der Waals surface area contributed by atoms with Gasteiger partial charge in [-0.05, 0) is 26.0 Å². The SMILES string of the molecule is CCn1ncc(Cn2cc(NC(=O)c3ccc(COc4c(F)c(F)cc(F)c4F)o3)cn2)c1C. The van der Waals surface area contributed by atoms with E-state index in [4.69, 9.17) is 9.15 Å². The molecular weight excluding hydrogens is 458 g/mol. The third-order valence-electron chi connectivity index (χ3n) is 5.04. The van der Waals surface area contributed by atoms with E-state index < -0.39 is 41.5 Å². The Kier molecular flexibility index (Phi) is 6.39. The molecule has 0 saturated carbocycles. The zero-order chi connectivity index (χ0) is 24.4. The van der Waals surface area contributed by atoms with E-state index in [-0.39, 0.29) is 17.6 Å². The number of anilines is 1. The first-order valence-electron chi connectivity index (χ1n) is 10.2. The van der Waals surface area contributed by atoms with Gasteiger partial charge in [0, 0.05) is 30.1 Å². The highest BCUT2D eigenvalue weighted by Gasteiger charge is 2.21. The summed E-state index contributed by atoms with van der Waals surface area (Å²) in [5.74, 6) is -8.45. The average molecular weight is 477 g/mol. The van der Waals surface area contributed by atoms with Crippen molar-refractivity contribution in [1.29, 1.82) is 0 Å². The average Bonchev–Trinajstić information content (AvgIpc) is 3.54. The van der Waals surface area contributed by atoms with E-state index in [0.717, 1.165) is 17.8 Å². The van der Waals surface area contributed by atoms with Crippen LogP contribution in [0, 0.1) is 30.2 Å². The van der Waals surface area contributed by atoms with Crippen molar-refractivity contribution in [3.8, 4) is 5.75 Å². The second kappa shape index (κ2) is 9.41. The second-order valence-corrected chi connectivity index (χ2v) is 7.30. The number of benzene rings is 1. The van der Waals surface area contributed by atoms with Gasteiger partial charge in [0.15, 0.2) is 23.1 Å². The molecule has 3 aromatic heterocycles. The third-order valence-corrected chi connectivity index (χ3v) is 5.04. The molecule has 1 aromatic carbocycles. The minimum atomic E-state index is -1.67. The van der Waals surface area contributed by atoms with Crippen LogP contribution >= 0.6 is 0 Å². The summed E-state index contributed by atoms with van der Waals surface area (Å²) in [5, 5.41) is 11.1. The number of ether oxygens (including phenoxy) is 1. The lowest BCUT2D eigenvalue weighted by Crippen LogP contribution is -2.10. The number of nitrogens with one attached hydrogen (secondary N) is 1. The molecule has 0 aliphatic carbocycles. The summed E-state index contributed by atoms with van der Waals surface area (Å²) >= 11 is 0. The molecule has 4 aromatic rings. The quantitative estimate of drug-likeness (QED) is 0.300. The molecule has 0 unspecified atom stereocenters. The standard InChI is InChI=1S/C22H19F4N5O3/c1-3-31-12(2)13(7-28-31)9-30-10-14(8-27-30)29-22(32)18-5-4-15(34-18)11-33-21-19(25)16(23)6-17(24)20(21)26/h4-8,10H,3,9,11H2,1-2H3,(H,29,32). The molecular formula is C22H19F4N5O3.